The highest BCUT2D eigenvalue weighted by Crippen LogP contribution is 2.40. The molecule has 1 saturated heterocycles. The van der Waals surface area contributed by atoms with Gasteiger partial charge in [-0.25, -0.2) is 0 Å². The number of ketones is 1. The van der Waals surface area contributed by atoms with E-state index in [4.69, 9.17) is 32.4 Å². The number of furan rings is 1. The molecule has 4 rings (SSSR count). The van der Waals surface area contributed by atoms with E-state index in [1.54, 1.807) is 24.3 Å². The molecular formula is C22H22Cl2N2O5. The predicted octanol–water partition coefficient (Wildman–Crippen LogP) is 3.89. The van der Waals surface area contributed by atoms with Crippen LogP contribution in [0.4, 0.5) is 0 Å². The first-order valence-electron chi connectivity index (χ1n) is 10.0. The topological polar surface area (TPSA) is 83.2 Å². The molecule has 0 spiro atoms. The normalized spacial score (nSPS) is 20.0. The lowest BCUT2D eigenvalue weighted by Crippen LogP contribution is -2.39. The van der Waals surface area contributed by atoms with Crippen LogP contribution < -0.4 is 0 Å². The number of ether oxygens (including phenoxy) is 1. The molecule has 1 aromatic carbocycles. The van der Waals surface area contributed by atoms with Crippen molar-refractivity contribution in [3.05, 3.63) is 69.3 Å². The van der Waals surface area contributed by atoms with Gasteiger partial charge in [0.15, 0.2) is 11.5 Å². The van der Waals surface area contributed by atoms with Crippen LogP contribution in [-0.2, 0) is 9.53 Å². The molecule has 164 valence electrons. The van der Waals surface area contributed by atoms with Gasteiger partial charge in [0.2, 0.25) is 5.78 Å². The molecule has 1 amide bonds. The molecule has 0 saturated carbocycles. The lowest BCUT2D eigenvalue weighted by Gasteiger charge is -2.30. The lowest BCUT2D eigenvalue weighted by atomic mass is 9.95. The maximum absolute atomic E-state index is 13.1. The first-order chi connectivity index (χ1) is 15.0. The summed E-state index contributed by atoms with van der Waals surface area (Å²) >= 11 is 12.3. The average Bonchev–Trinajstić information content (AvgIpc) is 3.39. The van der Waals surface area contributed by atoms with Crippen molar-refractivity contribution in [3.63, 3.8) is 0 Å². The average molecular weight is 465 g/mol. The number of carbonyl (C=O) groups excluding carboxylic acids is 2. The van der Waals surface area contributed by atoms with E-state index >= 15 is 0 Å². The fraction of sp³-hybridized carbons (Fsp3) is 0.364. The number of rotatable bonds is 7. The highest BCUT2D eigenvalue weighted by Gasteiger charge is 2.44. The Hall–Kier alpha value is -2.32. The van der Waals surface area contributed by atoms with Crippen LogP contribution in [0.1, 0.15) is 28.6 Å². The van der Waals surface area contributed by atoms with E-state index in [9.17, 15) is 14.7 Å². The van der Waals surface area contributed by atoms with Crippen molar-refractivity contribution in [2.45, 2.75) is 12.5 Å². The Morgan fingerprint density at radius 1 is 1.13 bits per heavy atom. The van der Waals surface area contributed by atoms with Crippen molar-refractivity contribution >= 4 is 34.9 Å². The van der Waals surface area contributed by atoms with Gasteiger partial charge in [-0.3, -0.25) is 14.5 Å². The summed E-state index contributed by atoms with van der Waals surface area (Å²) in [5.74, 6) is -1.64. The highest BCUT2D eigenvalue weighted by atomic mass is 35.5. The molecule has 1 fully saturated rings. The number of benzene rings is 1. The molecule has 0 aliphatic carbocycles. The summed E-state index contributed by atoms with van der Waals surface area (Å²) in [6.45, 7) is 4.21. The second kappa shape index (κ2) is 9.44. The van der Waals surface area contributed by atoms with Crippen LogP contribution in [0.15, 0.2) is 52.3 Å². The monoisotopic (exact) mass is 464 g/mol. The maximum Gasteiger partial charge on any atom is 0.290 e. The van der Waals surface area contributed by atoms with E-state index in [2.05, 4.69) is 4.90 Å². The fourth-order valence-corrected chi connectivity index (χ4v) is 4.28. The number of nitrogens with zero attached hydrogens (tertiary/aromatic N) is 2. The Morgan fingerprint density at radius 2 is 1.90 bits per heavy atom. The molecule has 2 aliphatic rings. The maximum atomic E-state index is 13.1. The Labute approximate surface area is 189 Å². The number of halogens is 2. The quantitative estimate of drug-likeness (QED) is 0.625. The van der Waals surface area contributed by atoms with Crippen molar-refractivity contribution in [2.24, 2.45) is 0 Å². The van der Waals surface area contributed by atoms with Crippen molar-refractivity contribution < 1.29 is 23.8 Å². The fourth-order valence-electron chi connectivity index (χ4n) is 3.98. The Kier molecular flexibility index (Phi) is 6.67. The molecule has 0 bridgehead atoms. The smallest absolute Gasteiger partial charge is 0.290 e. The molecule has 1 aromatic heterocycles. The number of hydrogen-bond acceptors (Lipinski definition) is 6. The molecule has 3 heterocycles. The van der Waals surface area contributed by atoms with Crippen molar-refractivity contribution in [1.29, 1.82) is 0 Å². The summed E-state index contributed by atoms with van der Waals surface area (Å²) in [6, 6.07) is 7.22. The number of aliphatic hydroxyl groups is 1. The molecule has 1 unspecified atom stereocenters. The van der Waals surface area contributed by atoms with Crippen LogP contribution in [0.25, 0.3) is 0 Å². The van der Waals surface area contributed by atoms with Crippen LogP contribution in [-0.4, -0.2) is 66.0 Å². The predicted molar refractivity (Wildman–Crippen MR) is 115 cm³/mol. The van der Waals surface area contributed by atoms with Crippen LogP contribution in [0.2, 0.25) is 10.0 Å². The highest BCUT2D eigenvalue weighted by molar-refractivity contribution is 6.42. The lowest BCUT2D eigenvalue weighted by molar-refractivity contribution is -0.129. The number of Topliss-reactive ketones (excluding diaryl/α,β-unsaturated/α-hetero) is 1. The van der Waals surface area contributed by atoms with Crippen LogP contribution in [0, 0.1) is 0 Å². The largest absolute Gasteiger partial charge is 0.503 e. The molecule has 1 N–H and O–H groups in total. The standard InChI is InChI=1S/C22H22Cl2N2O5/c23-15-5-4-14(13-16(15)24)19-18(20(27)17-3-1-10-31-17)21(28)22(29)26(19)7-2-6-25-8-11-30-12-9-25/h1,3-5,10,13,19,28H,2,6-9,11-12H2. The zero-order valence-corrected chi connectivity index (χ0v) is 18.2. The number of hydrogen-bond donors (Lipinski definition) is 1. The first-order valence-corrected chi connectivity index (χ1v) is 10.8. The van der Waals surface area contributed by atoms with Crippen molar-refractivity contribution in [2.75, 3.05) is 39.4 Å². The van der Waals surface area contributed by atoms with Crippen LogP contribution >= 0.6 is 23.2 Å². The summed E-state index contributed by atoms with van der Waals surface area (Å²) in [7, 11) is 0. The zero-order valence-electron chi connectivity index (χ0n) is 16.7. The molecule has 1 atom stereocenters. The van der Waals surface area contributed by atoms with E-state index in [0.29, 0.717) is 41.8 Å². The minimum atomic E-state index is -0.787. The minimum Gasteiger partial charge on any atom is -0.503 e. The van der Waals surface area contributed by atoms with Crippen molar-refractivity contribution in [3.8, 4) is 0 Å². The third kappa shape index (κ3) is 4.50. The van der Waals surface area contributed by atoms with Crippen LogP contribution in [0.5, 0.6) is 0 Å². The van der Waals surface area contributed by atoms with E-state index < -0.39 is 23.5 Å². The summed E-state index contributed by atoms with van der Waals surface area (Å²) < 4.78 is 10.6. The number of aliphatic hydroxyl groups excluding tert-OH is 1. The van der Waals surface area contributed by atoms with Gasteiger partial charge in [-0.1, -0.05) is 29.3 Å². The van der Waals surface area contributed by atoms with Gasteiger partial charge in [-0.05, 0) is 36.2 Å². The second-order valence-electron chi connectivity index (χ2n) is 7.45. The number of carbonyl (C=O) groups is 2. The molecule has 2 aromatic rings. The zero-order chi connectivity index (χ0) is 22.0. The molecule has 9 heteroatoms. The van der Waals surface area contributed by atoms with Gasteiger partial charge in [0, 0.05) is 26.2 Å². The minimum absolute atomic E-state index is 0.0234. The Bertz CT molecular complexity index is 999. The molecule has 0 radical (unpaired) electrons. The number of morpholine rings is 1. The molecular weight excluding hydrogens is 443 g/mol. The van der Waals surface area contributed by atoms with Gasteiger partial charge in [0.25, 0.3) is 5.91 Å². The summed E-state index contributed by atoms with van der Waals surface area (Å²) in [5.41, 5.74) is 0.567. The SMILES string of the molecule is O=C(C1=C(O)C(=O)N(CCCN2CCOCC2)C1c1ccc(Cl)c(Cl)c1)c1ccco1. The van der Waals surface area contributed by atoms with E-state index in [0.717, 1.165) is 19.6 Å². The van der Waals surface area contributed by atoms with E-state index in [-0.39, 0.29) is 11.3 Å². The van der Waals surface area contributed by atoms with E-state index in [1.165, 1.54) is 17.2 Å². The van der Waals surface area contributed by atoms with Gasteiger partial charge in [-0.2, -0.15) is 0 Å². The number of amides is 1. The molecule has 2 aliphatic heterocycles. The summed E-state index contributed by atoms with van der Waals surface area (Å²) in [6.07, 6.45) is 2.05. The van der Waals surface area contributed by atoms with Gasteiger partial charge in [0.1, 0.15) is 0 Å². The molecule has 7 nitrogen and oxygen atoms in total. The second-order valence-corrected chi connectivity index (χ2v) is 8.27. The summed E-state index contributed by atoms with van der Waals surface area (Å²) in [5, 5.41) is 11.3. The van der Waals surface area contributed by atoms with E-state index in [1.807, 2.05) is 0 Å². The third-order valence-corrected chi connectivity index (χ3v) is 6.27. The first kappa shape index (κ1) is 21.9. The van der Waals surface area contributed by atoms with Gasteiger partial charge < -0.3 is 19.2 Å². The Balaban J connectivity index is 1.62. The van der Waals surface area contributed by atoms with Crippen LogP contribution in [0.3, 0.4) is 0 Å². The summed E-state index contributed by atoms with van der Waals surface area (Å²) in [4.78, 5) is 29.8. The third-order valence-electron chi connectivity index (χ3n) is 5.53. The molecule has 31 heavy (non-hydrogen) atoms. The van der Waals surface area contributed by atoms with Gasteiger partial charge in [-0.15, -0.1) is 0 Å². The van der Waals surface area contributed by atoms with Crippen molar-refractivity contribution in [1.82, 2.24) is 9.80 Å². The van der Waals surface area contributed by atoms with Gasteiger partial charge in [0.05, 0.1) is 41.1 Å². The Morgan fingerprint density at radius 3 is 2.58 bits per heavy atom. The van der Waals surface area contributed by atoms with Gasteiger partial charge >= 0.3 is 0 Å².